The normalized spacial score (nSPS) is 16.9. The van der Waals surface area contributed by atoms with Crippen LogP contribution in [0, 0.1) is 11.6 Å². The first-order valence-corrected chi connectivity index (χ1v) is 47.2. The number of nitrogens with zero attached hydrogens (tertiary/aromatic N) is 4. The Morgan fingerprint density at radius 1 is 0.255 bits per heavy atom. The minimum absolute atomic E-state index is 0.341. The predicted octanol–water partition coefficient (Wildman–Crippen LogP) is 29.7. The second kappa shape index (κ2) is 45.7. The van der Waals surface area contributed by atoms with Crippen LogP contribution in [0.5, 0.6) is 0 Å². The molecule has 3 aromatic carbocycles. The third-order valence-electron chi connectivity index (χ3n) is 27.8. The Morgan fingerprint density at radius 3 is 0.636 bits per heavy atom. The smallest absolute Gasteiger partial charge is 0.399 e. The summed E-state index contributed by atoms with van der Waals surface area (Å²) in [5, 5.41) is 19.1. The van der Waals surface area contributed by atoms with E-state index < -0.39 is 47.5 Å². The highest BCUT2D eigenvalue weighted by Crippen LogP contribution is 2.65. The van der Waals surface area contributed by atoms with Gasteiger partial charge in [0.15, 0.2) is 0 Å². The lowest BCUT2D eigenvalue weighted by molar-refractivity contribution is 0.00578. The van der Waals surface area contributed by atoms with Crippen LogP contribution in [-0.2, 0) is 29.4 Å². The highest BCUT2D eigenvalue weighted by molar-refractivity contribution is 6.65. The zero-order chi connectivity index (χ0) is 78.3. The monoisotopic (exact) mass is 1520 g/mol. The van der Waals surface area contributed by atoms with Crippen molar-refractivity contribution in [2.75, 3.05) is 0 Å². The fraction of sp³-hybridized carbons (Fsp3) is 0.812. The zero-order valence-electron chi connectivity index (χ0n) is 72.7. The van der Waals surface area contributed by atoms with E-state index in [0.717, 1.165) is 88.2 Å². The van der Waals surface area contributed by atoms with Gasteiger partial charge in [-0.25, -0.2) is 18.0 Å². The van der Waals surface area contributed by atoms with E-state index in [0.29, 0.717) is 92.1 Å². The van der Waals surface area contributed by atoms with Gasteiger partial charge in [-0.2, -0.15) is 0 Å². The third-order valence-corrected chi connectivity index (χ3v) is 27.8. The van der Waals surface area contributed by atoms with Gasteiger partial charge in [0, 0.05) is 55.1 Å². The highest BCUT2D eigenvalue weighted by atomic mass is 19.1. The molecule has 2 saturated heterocycles. The van der Waals surface area contributed by atoms with Crippen molar-refractivity contribution in [3.05, 3.63) is 46.0 Å². The molecule has 618 valence electrons. The van der Waals surface area contributed by atoms with Crippen molar-refractivity contribution in [2.45, 2.75) is 502 Å². The molecule has 2 aliphatic heterocycles. The maximum absolute atomic E-state index is 20.9. The van der Waals surface area contributed by atoms with Crippen molar-refractivity contribution in [1.82, 2.24) is 20.6 Å². The molecule has 0 atom stereocenters. The van der Waals surface area contributed by atoms with Gasteiger partial charge in [-0.1, -0.05) is 410 Å². The number of aromatic nitrogens is 4. The summed E-state index contributed by atoms with van der Waals surface area (Å²) in [5.74, 6) is -0.689. The van der Waals surface area contributed by atoms with E-state index >= 15 is 8.78 Å². The Labute approximate surface area is 670 Å². The standard InChI is InChI=1S/C96H158B2F2N4O6/c1-13-17-21-25-29-33-37-41-45-49-53-57-61-65-69-95(70-66-62-58-54-50-46-42-38-34-30-26-22-18-14-2)75-73-77(97-105-91(5,6)92(7,8)106-97)87-89(103-109-101-87)79(75)81-83(95)85(99)82-80-76(74-78(88-90(80)104-110-102-88)98-107-93(9,10)94(11,12)108-98)96(84(82)86(81)100,71-67-63-59-55-51-47-43-39-35-31-27-23-19-15-3)72-68-64-60-56-52-48-44-40-36-32-28-24-20-16-4/h73-74H,13-72H2,1-12H3. The van der Waals surface area contributed by atoms with Crippen molar-refractivity contribution < 1.29 is 36.7 Å². The summed E-state index contributed by atoms with van der Waals surface area (Å²) in [6, 6.07) is 4.39. The van der Waals surface area contributed by atoms with Crippen molar-refractivity contribution in [2.24, 2.45) is 0 Å². The van der Waals surface area contributed by atoms with Gasteiger partial charge in [0.25, 0.3) is 0 Å². The summed E-state index contributed by atoms with van der Waals surface area (Å²) in [5.41, 5.74) is 3.31. The summed E-state index contributed by atoms with van der Waals surface area (Å²) in [6.45, 7) is 25.8. The van der Waals surface area contributed by atoms with Crippen LogP contribution in [0.15, 0.2) is 21.4 Å². The molecular weight excluding hydrogens is 1360 g/mol. The van der Waals surface area contributed by atoms with Crippen LogP contribution in [0.4, 0.5) is 8.78 Å². The first kappa shape index (κ1) is 90.2. The van der Waals surface area contributed by atoms with E-state index in [1.54, 1.807) is 0 Å². The summed E-state index contributed by atoms with van der Waals surface area (Å²) < 4.78 is 81.5. The molecule has 2 aliphatic carbocycles. The number of hydrogen-bond acceptors (Lipinski definition) is 10. The van der Waals surface area contributed by atoms with E-state index in [1.807, 2.05) is 0 Å². The molecule has 9 rings (SSSR count). The average Bonchev–Trinajstić information content (AvgIpc) is 1.50. The molecular formula is C96H158B2F2N4O6. The highest BCUT2D eigenvalue weighted by Gasteiger charge is 2.59. The van der Waals surface area contributed by atoms with Gasteiger partial charge in [-0.05, 0) is 103 Å². The van der Waals surface area contributed by atoms with Gasteiger partial charge in [-0.3, -0.25) is 0 Å². The molecule has 110 heavy (non-hydrogen) atoms. The van der Waals surface area contributed by atoms with Crippen LogP contribution in [0.2, 0.25) is 0 Å². The second-order valence-electron chi connectivity index (χ2n) is 37.6. The van der Waals surface area contributed by atoms with Gasteiger partial charge in [-0.15, -0.1) is 0 Å². The first-order chi connectivity index (χ1) is 53.4. The molecule has 14 heteroatoms. The molecule has 0 amide bonds. The number of hydrogen-bond donors (Lipinski definition) is 0. The fourth-order valence-electron chi connectivity index (χ4n) is 19.6. The van der Waals surface area contributed by atoms with Gasteiger partial charge >= 0.3 is 14.2 Å². The third kappa shape index (κ3) is 23.4. The lowest BCUT2D eigenvalue weighted by Gasteiger charge is -2.35. The van der Waals surface area contributed by atoms with Gasteiger partial charge < -0.3 is 18.6 Å². The summed E-state index contributed by atoms with van der Waals surface area (Å²) in [4.78, 5) is 0. The summed E-state index contributed by atoms with van der Waals surface area (Å²) in [7, 11) is -1.63. The van der Waals surface area contributed by atoms with Crippen molar-refractivity contribution in [3.8, 4) is 22.3 Å². The van der Waals surface area contributed by atoms with Crippen LogP contribution in [0.1, 0.15) is 491 Å². The Kier molecular flexibility index (Phi) is 37.5. The molecule has 10 nitrogen and oxygen atoms in total. The lowest BCUT2D eigenvalue weighted by Crippen LogP contribution is -2.41. The topological polar surface area (TPSA) is 115 Å². The molecule has 0 radical (unpaired) electrons. The van der Waals surface area contributed by atoms with Crippen LogP contribution in [-0.4, -0.2) is 57.3 Å². The SMILES string of the molecule is CCCCCCCCCCCCCCCCC1(CCCCCCCCCCCCCCCC)c2cc(B3OC(C)(C)C(C)(C)O3)c3nonc3c2-c2c(F)c3c(c(F)c21)-c1c(cc(B2OC(C)(C)C(C)(C)O2)c2nonc12)C3(CCCCCCCCCCCCCCCC)CCCCCCCCCCCCCCCC. The largest absolute Gasteiger partial charge is 0.497 e. The predicted molar refractivity (Wildman–Crippen MR) is 461 cm³/mol. The van der Waals surface area contributed by atoms with Crippen LogP contribution in [0.3, 0.4) is 0 Å². The van der Waals surface area contributed by atoms with Crippen molar-refractivity contribution >= 4 is 47.2 Å². The first-order valence-electron chi connectivity index (χ1n) is 47.2. The van der Waals surface area contributed by atoms with Crippen LogP contribution >= 0.6 is 0 Å². The van der Waals surface area contributed by atoms with Gasteiger partial charge in [0.1, 0.15) is 33.7 Å². The van der Waals surface area contributed by atoms with Crippen molar-refractivity contribution in [1.29, 1.82) is 0 Å². The van der Waals surface area contributed by atoms with E-state index in [9.17, 15) is 0 Å². The minimum atomic E-state index is -0.955. The number of halogens is 2. The van der Waals surface area contributed by atoms with E-state index in [4.69, 9.17) is 48.5 Å². The Bertz CT molecular complexity index is 3150. The average molecular weight is 1520 g/mol. The van der Waals surface area contributed by atoms with Crippen LogP contribution < -0.4 is 10.9 Å². The fourth-order valence-corrected chi connectivity index (χ4v) is 19.6. The van der Waals surface area contributed by atoms with E-state index in [1.165, 1.54) is 283 Å². The zero-order valence-corrected chi connectivity index (χ0v) is 72.7. The molecule has 0 bridgehead atoms. The molecule has 0 saturated carbocycles. The number of rotatable bonds is 62. The molecule has 4 aliphatic rings. The van der Waals surface area contributed by atoms with E-state index in [-0.39, 0.29) is 11.6 Å². The van der Waals surface area contributed by atoms with Crippen LogP contribution in [0.25, 0.3) is 44.3 Å². The molecule has 5 aromatic rings. The van der Waals surface area contributed by atoms with Crippen molar-refractivity contribution in [3.63, 3.8) is 0 Å². The molecule has 0 unspecified atom stereocenters. The molecule has 2 fully saturated rings. The number of benzene rings is 3. The minimum Gasteiger partial charge on any atom is -0.399 e. The van der Waals surface area contributed by atoms with E-state index in [2.05, 4.69) is 95.2 Å². The Morgan fingerprint density at radius 2 is 0.436 bits per heavy atom. The number of unbranched alkanes of at least 4 members (excludes halogenated alkanes) is 52. The lowest BCUT2D eigenvalue weighted by atomic mass is 9.66. The summed E-state index contributed by atoms with van der Waals surface area (Å²) in [6.07, 6.45) is 72.0. The molecule has 2 aromatic heterocycles. The Hall–Kier alpha value is -3.71. The van der Waals surface area contributed by atoms with Gasteiger partial charge in [0.05, 0.1) is 22.4 Å². The second-order valence-corrected chi connectivity index (χ2v) is 37.6. The Balaban J connectivity index is 1.13. The maximum atomic E-state index is 20.9. The quantitative estimate of drug-likeness (QED) is 0.0275. The maximum Gasteiger partial charge on any atom is 0.497 e. The molecule has 0 N–H and O–H groups in total. The molecule has 4 heterocycles. The summed E-state index contributed by atoms with van der Waals surface area (Å²) >= 11 is 0. The number of fused-ring (bicyclic) bond motifs is 10. The van der Waals surface area contributed by atoms with Gasteiger partial charge in [0.2, 0.25) is 0 Å². The molecule has 0 spiro atoms.